The van der Waals surface area contributed by atoms with Crippen molar-refractivity contribution in [2.45, 2.75) is 26.9 Å². The molecule has 6 heteroatoms. The van der Waals surface area contributed by atoms with E-state index in [1.54, 1.807) is 6.20 Å². The lowest BCUT2D eigenvalue weighted by Crippen LogP contribution is -2.08. The van der Waals surface area contributed by atoms with E-state index in [0.29, 0.717) is 16.8 Å². The maximum absolute atomic E-state index is 6.01. The van der Waals surface area contributed by atoms with E-state index in [0.717, 1.165) is 22.7 Å². The van der Waals surface area contributed by atoms with Gasteiger partial charge in [0.25, 0.3) is 0 Å². The summed E-state index contributed by atoms with van der Waals surface area (Å²) in [5.41, 5.74) is 2.79. The van der Waals surface area contributed by atoms with Crippen LogP contribution in [0.2, 0.25) is 5.02 Å². The number of hydrogen-bond donors (Lipinski definition) is 2. The van der Waals surface area contributed by atoms with Crippen molar-refractivity contribution in [2.75, 3.05) is 10.6 Å². The fourth-order valence-electron chi connectivity index (χ4n) is 2.44. The molecule has 1 heterocycles. The van der Waals surface area contributed by atoms with Crippen molar-refractivity contribution in [3.63, 3.8) is 0 Å². The number of anilines is 4. The Kier molecular flexibility index (Phi) is 5.58. The van der Waals surface area contributed by atoms with E-state index in [-0.39, 0.29) is 6.10 Å². The van der Waals surface area contributed by atoms with Gasteiger partial charge in [-0.3, -0.25) is 0 Å². The lowest BCUT2D eigenvalue weighted by Gasteiger charge is -2.15. The number of benzene rings is 2. The van der Waals surface area contributed by atoms with Crippen molar-refractivity contribution in [3.8, 4) is 5.75 Å². The summed E-state index contributed by atoms with van der Waals surface area (Å²) >= 11 is 6.01. The highest BCUT2D eigenvalue weighted by Crippen LogP contribution is 2.28. The summed E-state index contributed by atoms with van der Waals surface area (Å²) in [4.78, 5) is 8.81. The monoisotopic (exact) mass is 368 g/mol. The highest BCUT2D eigenvalue weighted by molar-refractivity contribution is 6.30. The molecule has 2 N–H and O–H groups in total. The lowest BCUT2D eigenvalue weighted by molar-refractivity contribution is 0.244. The molecule has 0 aliphatic heterocycles. The second-order valence-electron chi connectivity index (χ2n) is 6.14. The first-order valence-corrected chi connectivity index (χ1v) is 8.78. The van der Waals surface area contributed by atoms with E-state index in [2.05, 4.69) is 20.6 Å². The van der Waals surface area contributed by atoms with Gasteiger partial charge in [0.1, 0.15) is 11.6 Å². The summed E-state index contributed by atoms with van der Waals surface area (Å²) < 4.78 is 5.84. The fourth-order valence-corrected chi connectivity index (χ4v) is 2.67. The SMILES string of the molecule is Cc1cc(Cl)ccc1Nc1nccc(Nc2ccccc2OC(C)C)n1. The zero-order valence-electron chi connectivity index (χ0n) is 15.0. The number of hydrogen-bond acceptors (Lipinski definition) is 5. The summed E-state index contributed by atoms with van der Waals surface area (Å²) in [7, 11) is 0. The molecule has 134 valence electrons. The number of nitrogens with one attached hydrogen (secondary N) is 2. The van der Waals surface area contributed by atoms with Crippen LogP contribution in [0.4, 0.5) is 23.1 Å². The predicted molar refractivity (Wildman–Crippen MR) is 107 cm³/mol. The molecule has 3 rings (SSSR count). The van der Waals surface area contributed by atoms with E-state index in [4.69, 9.17) is 16.3 Å². The second kappa shape index (κ2) is 8.06. The van der Waals surface area contributed by atoms with E-state index < -0.39 is 0 Å². The van der Waals surface area contributed by atoms with Gasteiger partial charge < -0.3 is 15.4 Å². The van der Waals surface area contributed by atoms with Crippen LogP contribution in [0.3, 0.4) is 0 Å². The van der Waals surface area contributed by atoms with Gasteiger partial charge in [-0.25, -0.2) is 4.98 Å². The van der Waals surface area contributed by atoms with Crippen molar-refractivity contribution < 1.29 is 4.74 Å². The molecule has 0 saturated carbocycles. The van der Waals surface area contributed by atoms with Crippen LogP contribution in [0.5, 0.6) is 5.75 Å². The number of aromatic nitrogens is 2. The van der Waals surface area contributed by atoms with Crippen molar-refractivity contribution in [3.05, 3.63) is 65.3 Å². The molecule has 0 saturated heterocycles. The minimum Gasteiger partial charge on any atom is -0.489 e. The summed E-state index contributed by atoms with van der Waals surface area (Å²) in [5, 5.41) is 7.21. The van der Waals surface area contributed by atoms with Crippen LogP contribution in [-0.2, 0) is 0 Å². The molecule has 0 amide bonds. The number of halogens is 1. The molecule has 2 aromatic carbocycles. The fraction of sp³-hybridized carbons (Fsp3) is 0.200. The van der Waals surface area contributed by atoms with Crippen LogP contribution >= 0.6 is 11.6 Å². The predicted octanol–water partition coefficient (Wildman–Crippen LogP) is 5.71. The Balaban J connectivity index is 1.80. The third-order valence-corrected chi connectivity index (χ3v) is 3.84. The van der Waals surface area contributed by atoms with Gasteiger partial charge in [-0.1, -0.05) is 23.7 Å². The summed E-state index contributed by atoms with van der Waals surface area (Å²) in [6.07, 6.45) is 1.79. The van der Waals surface area contributed by atoms with Crippen molar-refractivity contribution in [1.82, 2.24) is 9.97 Å². The van der Waals surface area contributed by atoms with E-state index in [1.807, 2.05) is 69.3 Å². The van der Waals surface area contributed by atoms with Gasteiger partial charge >= 0.3 is 0 Å². The molecule has 0 unspecified atom stereocenters. The molecule has 26 heavy (non-hydrogen) atoms. The van der Waals surface area contributed by atoms with Crippen LogP contribution in [-0.4, -0.2) is 16.1 Å². The molecule has 3 aromatic rings. The molecular formula is C20H21ClN4O. The molecule has 1 aromatic heterocycles. The third kappa shape index (κ3) is 4.64. The first-order chi connectivity index (χ1) is 12.5. The van der Waals surface area contributed by atoms with Gasteiger partial charge in [0.15, 0.2) is 0 Å². The van der Waals surface area contributed by atoms with Crippen LogP contribution in [0.15, 0.2) is 54.7 Å². The normalized spacial score (nSPS) is 10.7. The van der Waals surface area contributed by atoms with Crippen LogP contribution < -0.4 is 15.4 Å². The first-order valence-electron chi connectivity index (χ1n) is 8.40. The maximum Gasteiger partial charge on any atom is 0.229 e. The molecule has 5 nitrogen and oxygen atoms in total. The van der Waals surface area contributed by atoms with Crippen molar-refractivity contribution >= 4 is 34.7 Å². The first kappa shape index (κ1) is 18.0. The second-order valence-corrected chi connectivity index (χ2v) is 6.57. The number of para-hydroxylation sites is 2. The molecule has 0 aliphatic carbocycles. The number of rotatable bonds is 6. The number of ether oxygens (including phenoxy) is 1. The van der Waals surface area contributed by atoms with Crippen LogP contribution in [0.25, 0.3) is 0 Å². The Morgan fingerprint density at radius 3 is 2.58 bits per heavy atom. The van der Waals surface area contributed by atoms with E-state index in [9.17, 15) is 0 Å². The highest BCUT2D eigenvalue weighted by atomic mass is 35.5. The average Bonchev–Trinajstić information content (AvgIpc) is 2.59. The van der Waals surface area contributed by atoms with Gasteiger partial charge in [0, 0.05) is 16.9 Å². The molecule has 0 fully saturated rings. The third-order valence-electron chi connectivity index (χ3n) is 3.60. The largest absolute Gasteiger partial charge is 0.489 e. The maximum atomic E-state index is 6.01. The van der Waals surface area contributed by atoms with Crippen molar-refractivity contribution in [1.29, 1.82) is 0 Å². The zero-order valence-corrected chi connectivity index (χ0v) is 15.7. The quantitative estimate of drug-likeness (QED) is 0.583. The van der Waals surface area contributed by atoms with Crippen molar-refractivity contribution in [2.24, 2.45) is 0 Å². The molecule has 0 bridgehead atoms. The summed E-state index contributed by atoms with van der Waals surface area (Å²) in [6.45, 7) is 5.98. The van der Waals surface area contributed by atoms with E-state index >= 15 is 0 Å². The minimum atomic E-state index is 0.0912. The van der Waals surface area contributed by atoms with Gasteiger partial charge in [-0.2, -0.15) is 4.98 Å². The Bertz CT molecular complexity index is 898. The van der Waals surface area contributed by atoms with Gasteiger partial charge in [0.05, 0.1) is 11.8 Å². The molecule has 0 radical (unpaired) electrons. The molecule has 0 aliphatic rings. The summed E-state index contributed by atoms with van der Waals surface area (Å²) in [5.74, 6) is 1.96. The smallest absolute Gasteiger partial charge is 0.229 e. The number of nitrogens with zero attached hydrogens (tertiary/aromatic N) is 2. The zero-order chi connectivity index (χ0) is 18.5. The van der Waals surface area contributed by atoms with Crippen LogP contribution in [0, 0.1) is 6.92 Å². The number of aryl methyl sites for hydroxylation is 1. The van der Waals surface area contributed by atoms with Gasteiger partial charge in [-0.05, 0) is 62.7 Å². The minimum absolute atomic E-state index is 0.0912. The van der Waals surface area contributed by atoms with Crippen LogP contribution in [0.1, 0.15) is 19.4 Å². The average molecular weight is 369 g/mol. The van der Waals surface area contributed by atoms with E-state index in [1.165, 1.54) is 0 Å². The standard InChI is InChI=1S/C20H21ClN4O/c1-13(2)26-18-7-5-4-6-17(18)23-19-10-11-22-20(25-19)24-16-9-8-15(21)12-14(16)3/h4-13H,1-3H3,(H2,22,23,24,25). The Labute approximate surface area is 158 Å². The Morgan fingerprint density at radius 2 is 1.81 bits per heavy atom. The Hall–Kier alpha value is -2.79. The topological polar surface area (TPSA) is 59.1 Å². The van der Waals surface area contributed by atoms with Gasteiger partial charge in [0.2, 0.25) is 5.95 Å². The molecular weight excluding hydrogens is 348 g/mol. The molecule has 0 atom stereocenters. The highest BCUT2D eigenvalue weighted by Gasteiger charge is 2.08. The summed E-state index contributed by atoms with van der Waals surface area (Å²) in [6, 6.07) is 15.2. The van der Waals surface area contributed by atoms with Gasteiger partial charge in [-0.15, -0.1) is 0 Å². The lowest BCUT2D eigenvalue weighted by atomic mass is 10.2. The molecule has 0 spiro atoms. The Morgan fingerprint density at radius 1 is 1.00 bits per heavy atom.